The first-order chi connectivity index (χ1) is 13.8. The van der Waals surface area contributed by atoms with Crippen molar-refractivity contribution in [3.63, 3.8) is 0 Å². The van der Waals surface area contributed by atoms with E-state index in [1.54, 1.807) is 11.5 Å². The van der Waals surface area contributed by atoms with Crippen LogP contribution in [-0.4, -0.2) is 69.6 Å². The minimum atomic E-state index is -1.05. The van der Waals surface area contributed by atoms with Crippen molar-refractivity contribution < 1.29 is 19.1 Å². The average molecular weight is 405 g/mol. The number of nitrogens with zero attached hydrogens (tertiary/aromatic N) is 3. The van der Waals surface area contributed by atoms with E-state index < -0.39 is 5.54 Å². The number of hydrogen-bond acceptors (Lipinski definition) is 5. The largest absolute Gasteiger partial charge is 0.379 e. The minimum absolute atomic E-state index is 0.133. The number of likely N-dealkylation sites (N-methyl/N-ethyl adjacent to an activating group) is 1. The first-order valence-electron chi connectivity index (χ1n) is 10.4. The predicted molar refractivity (Wildman–Crippen MR) is 107 cm³/mol. The molecule has 9 heteroatoms. The van der Waals surface area contributed by atoms with Crippen LogP contribution in [0.5, 0.6) is 0 Å². The molecule has 160 valence electrons. The van der Waals surface area contributed by atoms with Crippen LogP contribution in [0.15, 0.2) is 6.33 Å². The molecule has 1 atom stereocenters. The lowest BCUT2D eigenvalue weighted by atomic mass is 9.94. The number of imidazole rings is 1. The fourth-order valence-corrected chi connectivity index (χ4v) is 3.61. The van der Waals surface area contributed by atoms with Crippen molar-refractivity contribution in [1.82, 2.24) is 25.1 Å². The number of ether oxygens (including phenoxy) is 1. The van der Waals surface area contributed by atoms with E-state index in [1.165, 1.54) is 11.2 Å². The van der Waals surface area contributed by atoms with Crippen LogP contribution in [0.2, 0.25) is 0 Å². The third-order valence-electron chi connectivity index (χ3n) is 5.35. The van der Waals surface area contributed by atoms with Crippen LogP contribution in [0.3, 0.4) is 0 Å². The molecule has 0 radical (unpaired) electrons. The Bertz CT molecular complexity index is 786. The van der Waals surface area contributed by atoms with Gasteiger partial charge in [0.15, 0.2) is 5.69 Å². The highest BCUT2D eigenvalue weighted by atomic mass is 16.5. The van der Waals surface area contributed by atoms with Gasteiger partial charge in [0.25, 0.3) is 11.8 Å². The Morgan fingerprint density at radius 1 is 1.38 bits per heavy atom. The summed E-state index contributed by atoms with van der Waals surface area (Å²) in [4.78, 5) is 44.3. The maximum absolute atomic E-state index is 13.2. The minimum Gasteiger partial charge on any atom is -0.379 e. The molecule has 1 aromatic rings. The van der Waals surface area contributed by atoms with E-state index in [-0.39, 0.29) is 47.8 Å². The molecule has 1 saturated carbocycles. The van der Waals surface area contributed by atoms with E-state index in [2.05, 4.69) is 15.6 Å². The van der Waals surface area contributed by atoms with Crippen LogP contribution in [0, 0.1) is 0 Å². The summed E-state index contributed by atoms with van der Waals surface area (Å²) < 4.78 is 7.11. The zero-order valence-electron chi connectivity index (χ0n) is 17.7. The molecule has 2 aliphatic rings. The van der Waals surface area contributed by atoms with Crippen LogP contribution < -0.4 is 10.6 Å². The predicted octanol–water partition coefficient (Wildman–Crippen LogP) is 0.941. The molecule has 3 amide bonds. The fraction of sp³-hybridized carbons (Fsp3) is 0.700. The summed E-state index contributed by atoms with van der Waals surface area (Å²) in [6, 6.07) is 0.177. The molecule has 2 N–H and O–H groups in total. The molecule has 3 rings (SSSR count). The van der Waals surface area contributed by atoms with Crippen molar-refractivity contribution in [3.05, 3.63) is 17.7 Å². The van der Waals surface area contributed by atoms with Crippen molar-refractivity contribution in [1.29, 1.82) is 0 Å². The molecular weight excluding hydrogens is 374 g/mol. The van der Waals surface area contributed by atoms with Gasteiger partial charge in [0.1, 0.15) is 11.2 Å². The smallest absolute Gasteiger partial charge is 0.273 e. The van der Waals surface area contributed by atoms with Gasteiger partial charge < -0.3 is 24.8 Å². The molecule has 1 aromatic heterocycles. The maximum Gasteiger partial charge on any atom is 0.273 e. The molecule has 0 bridgehead atoms. The normalized spacial score (nSPS) is 21.3. The quantitative estimate of drug-likeness (QED) is 0.595. The van der Waals surface area contributed by atoms with Crippen LogP contribution in [0.25, 0.3) is 0 Å². The average Bonchev–Trinajstić information content (AvgIpc) is 3.37. The van der Waals surface area contributed by atoms with E-state index in [9.17, 15) is 14.4 Å². The van der Waals surface area contributed by atoms with Crippen LogP contribution in [0.1, 0.15) is 67.9 Å². The summed E-state index contributed by atoms with van der Waals surface area (Å²) in [5, 5.41) is 5.79. The monoisotopic (exact) mass is 405 g/mol. The molecule has 0 aromatic carbocycles. The number of hydrogen-bond donors (Lipinski definition) is 2. The first-order valence-corrected chi connectivity index (χ1v) is 10.4. The fourth-order valence-electron chi connectivity index (χ4n) is 3.61. The Kier molecular flexibility index (Phi) is 6.26. The highest BCUT2D eigenvalue weighted by Crippen LogP contribution is 2.29. The Labute approximate surface area is 171 Å². The Balaban J connectivity index is 1.72. The van der Waals surface area contributed by atoms with Crippen molar-refractivity contribution >= 4 is 17.7 Å². The standard InChI is InChI=1S/C20H31N5O4/c1-5-25-18(27)16-15(17(26)23-14-7-8-14)22-12-24(16)11-20(25,4)19(28)21-9-6-10-29-13(2)3/h12-14H,5-11H2,1-4H3,(H,21,28)(H,23,26)/t20-/m1/s1. The summed E-state index contributed by atoms with van der Waals surface area (Å²) in [6.45, 7) is 9.16. The molecule has 1 aliphatic heterocycles. The van der Waals surface area contributed by atoms with E-state index in [0.717, 1.165) is 12.8 Å². The van der Waals surface area contributed by atoms with Gasteiger partial charge in [-0.3, -0.25) is 14.4 Å². The second-order valence-corrected chi connectivity index (χ2v) is 8.17. The topological polar surface area (TPSA) is 106 Å². The number of rotatable bonds is 9. The number of nitrogens with one attached hydrogen (secondary N) is 2. The van der Waals surface area contributed by atoms with Crippen molar-refractivity contribution in [2.75, 3.05) is 19.7 Å². The zero-order chi connectivity index (χ0) is 21.2. The van der Waals surface area contributed by atoms with Gasteiger partial charge >= 0.3 is 0 Å². The second kappa shape index (κ2) is 8.52. The van der Waals surface area contributed by atoms with E-state index in [1.807, 2.05) is 20.8 Å². The Morgan fingerprint density at radius 3 is 2.72 bits per heavy atom. The van der Waals surface area contributed by atoms with Crippen molar-refractivity contribution in [2.45, 2.75) is 71.2 Å². The number of carbonyl (C=O) groups is 3. The maximum atomic E-state index is 13.2. The molecule has 9 nitrogen and oxygen atoms in total. The molecule has 0 spiro atoms. The van der Waals surface area contributed by atoms with Gasteiger partial charge in [0, 0.05) is 25.7 Å². The summed E-state index contributed by atoms with van der Waals surface area (Å²) in [5.74, 6) is -0.901. The lowest BCUT2D eigenvalue weighted by molar-refractivity contribution is -0.132. The van der Waals surface area contributed by atoms with E-state index in [4.69, 9.17) is 4.74 Å². The molecule has 1 aliphatic carbocycles. The molecule has 29 heavy (non-hydrogen) atoms. The highest BCUT2D eigenvalue weighted by Gasteiger charge is 2.48. The third-order valence-corrected chi connectivity index (χ3v) is 5.35. The number of amides is 3. The van der Waals surface area contributed by atoms with Gasteiger partial charge in [0.05, 0.1) is 19.0 Å². The van der Waals surface area contributed by atoms with Crippen LogP contribution in [0.4, 0.5) is 0 Å². The lowest BCUT2D eigenvalue weighted by Crippen LogP contribution is -2.64. The van der Waals surface area contributed by atoms with Gasteiger partial charge in [-0.25, -0.2) is 4.98 Å². The molecule has 0 unspecified atom stereocenters. The Hall–Kier alpha value is -2.42. The zero-order valence-corrected chi connectivity index (χ0v) is 17.7. The molecular formula is C20H31N5O4. The van der Waals surface area contributed by atoms with Gasteiger partial charge in [0.2, 0.25) is 5.91 Å². The second-order valence-electron chi connectivity index (χ2n) is 8.17. The van der Waals surface area contributed by atoms with Gasteiger partial charge in [-0.2, -0.15) is 0 Å². The summed E-state index contributed by atoms with van der Waals surface area (Å²) in [5.41, 5.74) is -0.669. The molecule has 2 heterocycles. The Morgan fingerprint density at radius 2 is 2.10 bits per heavy atom. The van der Waals surface area contributed by atoms with Gasteiger partial charge in [-0.05, 0) is 47.0 Å². The molecule has 0 saturated heterocycles. The molecule has 1 fully saturated rings. The first kappa shape index (κ1) is 21.3. The van der Waals surface area contributed by atoms with Crippen LogP contribution in [-0.2, 0) is 16.1 Å². The SMILES string of the molecule is CCN1C(=O)c2c(C(=O)NC3CC3)ncn2C[C@]1(C)C(=O)NCCCOC(C)C. The number of carbonyl (C=O) groups excluding carboxylic acids is 3. The third kappa shape index (κ3) is 4.44. The van der Waals surface area contributed by atoms with Gasteiger partial charge in [-0.1, -0.05) is 0 Å². The van der Waals surface area contributed by atoms with Crippen molar-refractivity contribution in [3.8, 4) is 0 Å². The summed E-state index contributed by atoms with van der Waals surface area (Å²) in [6.07, 6.45) is 4.24. The lowest BCUT2D eigenvalue weighted by Gasteiger charge is -2.43. The summed E-state index contributed by atoms with van der Waals surface area (Å²) >= 11 is 0. The van der Waals surface area contributed by atoms with E-state index in [0.29, 0.717) is 26.1 Å². The van der Waals surface area contributed by atoms with Crippen LogP contribution >= 0.6 is 0 Å². The number of aromatic nitrogens is 2. The van der Waals surface area contributed by atoms with Crippen molar-refractivity contribution in [2.24, 2.45) is 0 Å². The van der Waals surface area contributed by atoms with Gasteiger partial charge in [-0.15, -0.1) is 0 Å². The highest BCUT2D eigenvalue weighted by molar-refractivity contribution is 6.07. The van der Waals surface area contributed by atoms with E-state index >= 15 is 0 Å². The number of fused-ring (bicyclic) bond motifs is 1. The summed E-state index contributed by atoms with van der Waals surface area (Å²) in [7, 11) is 0.